The van der Waals surface area contributed by atoms with E-state index in [1.165, 1.54) is 97.1 Å². The van der Waals surface area contributed by atoms with E-state index in [0.29, 0.717) is 22.7 Å². The number of nitrogens with zero attached hydrogens (tertiary/aromatic N) is 4. The van der Waals surface area contributed by atoms with Crippen LogP contribution in [-0.2, 0) is 28.7 Å². The second-order valence-corrected chi connectivity index (χ2v) is 9.80. The zero-order valence-corrected chi connectivity index (χ0v) is 34.4. The Morgan fingerprint density at radius 2 is 0.672 bits per heavy atom. The third kappa shape index (κ3) is 38.7. The van der Waals surface area contributed by atoms with Crippen molar-refractivity contribution < 1.29 is 79.1 Å². The number of nitrogens with one attached hydrogen (secondary N) is 2. The number of non-ortho nitro benzene ring substituents is 4. The minimum absolute atomic E-state index is 0. The number of hydrogen-bond acceptors (Lipinski definition) is 20. The molecule has 0 unspecified atom stereocenters. The molecule has 0 heterocycles. The van der Waals surface area contributed by atoms with E-state index in [-0.39, 0.29) is 72.4 Å². The Balaban J connectivity index is -0.000000161. The number of ether oxygens (including phenoxy) is 2. The lowest BCUT2D eigenvalue weighted by atomic mass is 10.3. The summed E-state index contributed by atoms with van der Waals surface area (Å²) < 4.78 is 9.28. The van der Waals surface area contributed by atoms with E-state index in [9.17, 15) is 50.0 Å². The number of amides is 2. The number of hydrogen-bond donors (Lipinski definition) is 6. The van der Waals surface area contributed by atoms with Gasteiger partial charge in [-0.25, -0.2) is 9.59 Å². The molecule has 0 saturated carbocycles. The van der Waals surface area contributed by atoms with Gasteiger partial charge in [-0.05, 0) is 76.2 Å². The largest absolute Gasteiger partial charge is 0.450 e. The lowest BCUT2D eigenvalue weighted by Crippen LogP contribution is -2.13. The van der Waals surface area contributed by atoms with Crippen LogP contribution in [-0.4, -0.2) is 91.8 Å². The molecular weight excluding hydrogens is 864 g/mol. The van der Waals surface area contributed by atoms with Gasteiger partial charge >= 0.3 is 24.5 Å². The molecule has 0 fully saturated rings. The second kappa shape index (κ2) is 43.8. The van der Waals surface area contributed by atoms with Crippen LogP contribution < -0.4 is 22.1 Å². The number of anilines is 4. The molecule has 0 radical (unpaired) electrons. The first-order chi connectivity index (χ1) is 29.3. The fourth-order valence-corrected chi connectivity index (χ4v) is 3.10. The van der Waals surface area contributed by atoms with E-state index in [2.05, 4.69) is 20.1 Å². The molecule has 28 nitrogen and oxygen atoms in total. The van der Waals surface area contributed by atoms with Gasteiger partial charge in [-0.1, -0.05) is 0 Å². The topological polar surface area (TPSA) is 473 Å². The predicted molar refractivity (Wildman–Crippen MR) is 225 cm³/mol. The van der Waals surface area contributed by atoms with E-state index >= 15 is 0 Å². The summed E-state index contributed by atoms with van der Waals surface area (Å²) in [6.07, 6.45) is -0.655. The Hall–Kier alpha value is -8.78. The molecule has 0 aliphatic rings. The van der Waals surface area contributed by atoms with Crippen molar-refractivity contribution in [3.05, 3.63) is 138 Å². The Kier molecular flexibility index (Phi) is 45.8. The van der Waals surface area contributed by atoms with Gasteiger partial charge in [0.1, 0.15) is 0 Å². The van der Waals surface area contributed by atoms with Gasteiger partial charge in [0, 0.05) is 84.5 Å². The number of nitrogen functional groups attached to an aromatic ring is 2. The molecule has 28 heteroatoms. The van der Waals surface area contributed by atoms with Crippen LogP contribution in [0.25, 0.3) is 0 Å². The predicted octanol–water partition coefficient (Wildman–Crippen LogP) is 3.86. The molecule has 12 N–H and O–H groups in total. The molecule has 64 heavy (non-hydrogen) atoms. The number of aliphatic hydroxyl groups is 2. The maximum Gasteiger partial charge on any atom is 0.411 e. The summed E-state index contributed by atoms with van der Waals surface area (Å²) in [7, 11) is 0. The highest BCUT2D eigenvalue weighted by Crippen LogP contribution is 2.17. The Morgan fingerprint density at radius 1 is 0.500 bits per heavy atom. The molecule has 0 aliphatic heterocycles. The first-order valence-corrected chi connectivity index (χ1v) is 16.9. The maximum atomic E-state index is 11.0. The number of rotatable bonds is 8. The number of benzene rings is 4. The lowest BCUT2D eigenvalue weighted by Gasteiger charge is -2.03. The van der Waals surface area contributed by atoms with E-state index < -0.39 is 31.9 Å². The van der Waals surface area contributed by atoms with Crippen LogP contribution in [0.2, 0.25) is 0 Å². The molecule has 0 atom stereocenters. The van der Waals surface area contributed by atoms with E-state index in [0.717, 1.165) is 0 Å². The van der Waals surface area contributed by atoms with Crippen LogP contribution >= 0.6 is 0 Å². The van der Waals surface area contributed by atoms with Gasteiger partial charge < -0.3 is 42.1 Å². The number of carbonyl (C=O) groups is 2. The van der Waals surface area contributed by atoms with Crippen molar-refractivity contribution in [3.63, 3.8) is 0 Å². The number of aliphatic hydroxyl groups excluding tert-OH is 2. The summed E-state index contributed by atoms with van der Waals surface area (Å²) >= 11 is 0. The highest BCUT2D eigenvalue weighted by atomic mass is 16.6. The van der Waals surface area contributed by atoms with Crippen LogP contribution in [0.4, 0.5) is 55.1 Å². The van der Waals surface area contributed by atoms with Crippen LogP contribution in [0.3, 0.4) is 0 Å². The van der Waals surface area contributed by atoms with Gasteiger partial charge in [0.25, 0.3) is 22.7 Å². The van der Waals surface area contributed by atoms with Crippen molar-refractivity contribution in [1.29, 1.82) is 0 Å². The van der Waals surface area contributed by atoms with Gasteiger partial charge in [-0.3, -0.25) is 51.1 Å². The van der Waals surface area contributed by atoms with Crippen molar-refractivity contribution in [3.8, 4) is 0 Å². The third-order valence-electron chi connectivity index (χ3n) is 5.41. The van der Waals surface area contributed by atoms with Crippen molar-refractivity contribution in [2.24, 2.45) is 0 Å². The van der Waals surface area contributed by atoms with Crippen LogP contribution in [0, 0.1) is 40.5 Å². The lowest BCUT2D eigenvalue weighted by molar-refractivity contribution is -0.385. The summed E-state index contributed by atoms with van der Waals surface area (Å²) in [6.45, 7) is 7.79. The molecule has 0 bridgehead atoms. The Bertz CT molecular complexity index is 1810. The van der Waals surface area contributed by atoms with Crippen molar-refractivity contribution in [1.82, 2.24) is 0 Å². The molecule has 4 aromatic carbocycles. The zero-order chi connectivity index (χ0) is 48.5. The molecule has 352 valence electrons. The molecule has 0 aliphatic carbocycles. The fraction of sp³-hybridized carbons (Fsp3) is 0.222. The highest BCUT2D eigenvalue weighted by Gasteiger charge is 2.07. The van der Waals surface area contributed by atoms with Gasteiger partial charge in [0.2, 0.25) is 0 Å². The van der Waals surface area contributed by atoms with Gasteiger partial charge in [-0.2, -0.15) is 19.2 Å². The average molecular weight is 913 g/mol. The van der Waals surface area contributed by atoms with Crippen LogP contribution in [0.15, 0.2) is 97.1 Å². The summed E-state index contributed by atoms with van der Waals surface area (Å²) in [4.78, 5) is 93.3. The minimum atomic E-state index is -0.577. The SMILES string of the molecule is CCO.CCO.CCOC(=O)Nc1ccc([N+](=O)[O-])cc1.CCOC(=O)Nc1ccc([N+](=O)[O-])cc1.Nc1ccc([N+](=O)[O-])cc1.Nc1ccc([N+](=O)[O-])cc1.O.O.O=C=O.O=C=O. The third-order valence-corrected chi connectivity index (χ3v) is 5.41. The Morgan fingerprint density at radius 3 is 0.828 bits per heavy atom. The number of nitrogens with two attached hydrogens (primary N) is 2. The number of carbonyl (C=O) groups excluding carboxylic acids is 6. The molecule has 4 rings (SSSR count). The number of nitro benzene ring substituents is 4. The molecule has 4 aromatic rings. The zero-order valence-electron chi connectivity index (χ0n) is 34.4. The molecule has 0 saturated heterocycles. The summed E-state index contributed by atoms with van der Waals surface area (Å²) in [5.74, 6) is 0. The minimum Gasteiger partial charge on any atom is -0.450 e. The maximum absolute atomic E-state index is 11.0. The molecule has 0 aromatic heterocycles. The second-order valence-electron chi connectivity index (χ2n) is 9.80. The summed E-state index contributed by atoms with van der Waals surface area (Å²) in [6, 6.07) is 22.5. The van der Waals surface area contributed by atoms with Gasteiger partial charge in [-0.15, -0.1) is 0 Å². The fourth-order valence-electron chi connectivity index (χ4n) is 3.10. The smallest absolute Gasteiger partial charge is 0.411 e. The van der Waals surface area contributed by atoms with E-state index in [4.69, 9.17) is 40.9 Å². The van der Waals surface area contributed by atoms with Crippen molar-refractivity contribution in [2.75, 3.05) is 48.5 Å². The van der Waals surface area contributed by atoms with Gasteiger partial charge in [0.15, 0.2) is 0 Å². The van der Waals surface area contributed by atoms with Gasteiger partial charge in [0.05, 0.1) is 32.9 Å². The van der Waals surface area contributed by atoms with Crippen molar-refractivity contribution in [2.45, 2.75) is 27.7 Å². The van der Waals surface area contributed by atoms with Crippen molar-refractivity contribution >= 4 is 70.0 Å². The normalized spacial score (nSPS) is 8.09. The highest BCUT2D eigenvalue weighted by molar-refractivity contribution is 5.85. The quantitative estimate of drug-likeness (QED) is 0.0830. The average Bonchev–Trinajstić information content (AvgIpc) is 3.21. The molecular formula is C36H48N8O20. The van der Waals surface area contributed by atoms with E-state index in [1.807, 2.05) is 0 Å². The van der Waals surface area contributed by atoms with Crippen LogP contribution in [0.5, 0.6) is 0 Å². The molecule has 0 spiro atoms. The Labute approximate surface area is 362 Å². The van der Waals surface area contributed by atoms with E-state index in [1.54, 1.807) is 27.7 Å². The monoisotopic (exact) mass is 912 g/mol. The van der Waals surface area contributed by atoms with Crippen LogP contribution in [0.1, 0.15) is 27.7 Å². The standard InChI is InChI=1S/2C9H10N2O4.2C6H6N2O2.2C2H6O.2CO2.2H2O/c2*1-2-15-9(12)10-7-3-5-8(6-4-7)11(13)14;2*7-5-1-3-6(4-2-5)8(9)10;2*1-2-3;2*2-1-3;;/h2*3-6H,2H2,1H3,(H,10,12);2*1-4H,7H2;2*3H,2H2,1H3;;;2*1H2. The summed E-state index contributed by atoms with van der Waals surface area (Å²) in [5, 5.41) is 60.8. The number of nitro groups is 4. The first-order valence-electron chi connectivity index (χ1n) is 16.9. The summed E-state index contributed by atoms with van der Waals surface area (Å²) in [5.41, 5.74) is 12.7. The first kappa shape index (κ1) is 67.0. The molecule has 2 amide bonds.